The van der Waals surface area contributed by atoms with Crippen LogP contribution < -0.4 is 0 Å². The van der Waals surface area contributed by atoms with E-state index in [9.17, 15) is 26.8 Å². The van der Waals surface area contributed by atoms with Crippen molar-refractivity contribution >= 4 is 22.1 Å². The van der Waals surface area contributed by atoms with Crippen LogP contribution in [-0.2, 0) is 52.9 Å². The second-order valence-electron chi connectivity index (χ2n) is 10.2. The van der Waals surface area contributed by atoms with E-state index >= 15 is 0 Å². The molecule has 4 bridgehead atoms. The number of esters is 2. The number of methoxy groups -OCH3 is 1. The Morgan fingerprint density at radius 1 is 1.14 bits per heavy atom. The lowest BCUT2D eigenvalue weighted by Crippen LogP contribution is -2.66. The summed E-state index contributed by atoms with van der Waals surface area (Å²) >= 11 is 0. The molecule has 0 radical (unpaired) electrons. The van der Waals surface area contributed by atoms with Crippen LogP contribution in [0.15, 0.2) is 0 Å². The van der Waals surface area contributed by atoms with Crippen molar-refractivity contribution in [1.29, 1.82) is 0 Å². The van der Waals surface area contributed by atoms with Crippen molar-refractivity contribution in [3.63, 3.8) is 0 Å². The van der Waals surface area contributed by atoms with Gasteiger partial charge in [-0.15, -0.1) is 0 Å². The summed E-state index contributed by atoms with van der Waals surface area (Å²) in [6, 6.07) is 0. The van der Waals surface area contributed by atoms with Crippen LogP contribution in [-0.4, -0.2) is 86.2 Å². The van der Waals surface area contributed by atoms with Gasteiger partial charge in [-0.3, -0.25) is 4.55 Å². The summed E-state index contributed by atoms with van der Waals surface area (Å²) in [5.74, 6) is -4.72. The molecule has 196 valence electrons. The smallest absolute Gasteiger partial charge is 0.454 e. The molecule has 1 spiro atoms. The highest BCUT2D eigenvalue weighted by atomic mass is 32.2. The first-order valence-electron chi connectivity index (χ1n) is 11.3. The number of carbonyl (C=O) groups excluding carboxylic acids is 2. The molecular weight excluding hydrogens is 502 g/mol. The zero-order chi connectivity index (χ0) is 25.0. The zero-order valence-corrected chi connectivity index (χ0v) is 19.3. The molecule has 1 N–H and O–H groups in total. The lowest BCUT2D eigenvalue weighted by molar-refractivity contribution is -0.343. The molecule has 15 heteroatoms. The summed E-state index contributed by atoms with van der Waals surface area (Å²) in [6.45, 7) is -0.129. The number of ether oxygens (including phenoxy) is 7. The number of carbonyl (C=O) groups is 2. The monoisotopic (exact) mass is 526 g/mol. The molecule has 7 rings (SSSR count). The molecular formula is C20H24F2O12S. The van der Waals surface area contributed by atoms with Gasteiger partial charge in [0.25, 0.3) is 0 Å². The molecule has 7 aliphatic rings. The maximum atomic E-state index is 13.9. The fourth-order valence-corrected chi connectivity index (χ4v) is 7.29. The fourth-order valence-electron chi connectivity index (χ4n) is 7.03. The van der Waals surface area contributed by atoms with E-state index in [1.165, 1.54) is 7.11 Å². The Morgan fingerprint density at radius 3 is 2.46 bits per heavy atom. The topological polar surface area (TPSA) is 153 Å². The second-order valence-corrected chi connectivity index (χ2v) is 11.7. The number of alkyl halides is 2. The van der Waals surface area contributed by atoms with Crippen LogP contribution in [0.1, 0.15) is 32.1 Å². The SMILES string of the molecule is COCOC1C(=O)OC2C3OC4(OC3OC12)C1CC2CC4CC(OC(=O)C(F)(F)S(=O)(=O)O)(C2)C1. The van der Waals surface area contributed by atoms with E-state index in [1.807, 2.05) is 0 Å². The third-order valence-corrected chi connectivity index (χ3v) is 8.93. The number of fused-ring (bicyclic) bond motifs is 3. The Kier molecular flexibility index (Phi) is 5.13. The van der Waals surface area contributed by atoms with Crippen LogP contribution in [0.4, 0.5) is 8.78 Å². The molecule has 4 saturated carbocycles. The van der Waals surface area contributed by atoms with E-state index in [2.05, 4.69) is 0 Å². The number of rotatable bonds is 6. The minimum Gasteiger partial charge on any atom is -0.454 e. The first-order chi connectivity index (χ1) is 16.4. The summed E-state index contributed by atoms with van der Waals surface area (Å²) in [7, 11) is -4.56. The van der Waals surface area contributed by atoms with Gasteiger partial charge < -0.3 is 33.2 Å². The molecule has 3 aliphatic heterocycles. The molecule has 0 aromatic heterocycles. The molecule has 0 aromatic carbocycles. The van der Waals surface area contributed by atoms with Crippen molar-refractivity contribution in [2.75, 3.05) is 13.9 Å². The Hall–Kier alpha value is -1.49. The molecule has 7 atom stereocenters. The quantitative estimate of drug-likeness (QED) is 0.288. The molecule has 0 amide bonds. The van der Waals surface area contributed by atoms with Crippen LogP contribution in [0.2, 0.25) is 0 Å². The maximum absolute atomic E-state index is 13.9. The Morgan fingerprint density at radius 2 is 1.83 bits per heavy atom. The fraction of sp³-hybridized carbons (Fsp3) is 0.900. The molecule has 3 heterocycles. The summed E-state index contributed by atoms with van der Waals surface area (Å²) in [6.07, 6.45) is -2.28. The molecule has 0 aromatic rings. The number of hydrogen-bond acceptors (Lipinski definition) is 11. The molecule has 7 unspecified atom stereocenters. The third kappa shape index (κ3) is 3.32. The van der Waals surface area contributed by atoms with Gasteiger partial charge in [0, 0.05) is 18.9 Å². The Labute approximate surface area is 198 Å². The largest absolute Gasteiger partial charge is 0.465 e. The summed E-state index contributed by atoms with van der Waals surface area (Å²) in [5.41, 5.74) is -1.32. The van der Waals surface area contributed by atoms with Gasteiger partial charge >= 0.3 is 27.3 Å². The van der Waals surface area contributed by atoms with E-state index in [0.717, 1.165) is 0 Å². The van der Waals surface area contributed by atoms with Crippen LogP contribution in [0, 0.1) is 17.8 Å². The van der Waals surface area contributed by atoms with Crippen LogP contribution >= 0.6 is 0 Å². The van der Waals surface area contributed by atoms with Crippen molar-refractivity contribution in [3.8, 4) is 0 Å². The predicted molar refractivity (Wildman–Crippen MR) is 103 cm³/mol. The van der Waals surface area contributed by atoms with Crippen LogP contribution in [0.3, 0.4) is 0 Å². The predicted octanol–water partition coefficient (Wildman–Crippen LogP) is 0.340. The highest BCUT2D eigenvalue weighted by Crippen LogP contribution is 2.65. The van der Waals surface area contributed by atoms with Crippen LogP contribution in [0.5, 0.6) is 0 Å². The van der Waals surface area contributed by atoms with Crippen molar-refractivity contribution in [2.45, 2.75) is 79.5 Å². The third-order valence-electron chi connectivity index (χ3n) is 8.12. The van der Waals surface area contributed by atoms with Crippen LogP contribution in [0.25, 0.3) is 0 Å². The van der Waals surface area contributed by atoms with E-state index in [1.54, 1.807) is 0 Å². The first-order valence-corrected chi connectivity index (χ1v) is 12.7. The molecule has 12 nitrogen and oxygen atoms in total. The molecule has 7 fully saturated rings. The molecule has 3 saturated heterocycles. The Balaban J connectivity index is 1.20. The highest BCUT2D eigenvalue weighted by Gasteiger charge is 2.73. The average molecular weight is 526 g/mol. The zero-order valence-electron chi connectivity index (χ0n) is 18.5. The standard InChI is InChI=1S/C20H24F2O12S/c1-28-7-29-13-11-12(30-15(13)23)14-16(31-11)33-19(32-14)9-2-8-3-10(19)6-18(4-8,5-9)34-17(24)20(21,22)35(25,26)27/h8-14,16H,2-7H2,1H3,(H,25,26,27). The lowest BCUT2D eigenvalue weighted by atomic mass is 9.51. The minimum absolute atomic E-state index is 0.0303. The maximum Gasteiger partial charge on any atom is 0.465 e. The van der Waals surface area contributed by atoms with Gasteiger partial charge in [0.2, 0.25) is 0 Å². The van der Waals surface area contributed by atoms with Crippen molar-refractivity contribution in [1.82, 2.24) is 0 Å². The van der Waals surface area contributed by atoms with Gasteiger partial charge in [-0.05, 0) is 38.0 Å². The number of hydrogen-bond donors (Lipinski definition) is 1. The minimum atomic E-state index is -5.97. The van der Waals surface area contributed by atoms with Crippen molar-refractivity contribution in [3.05, 3.63) is 0 Å². The molecule has 35 heavy (non-hydrogen) atoms. The lowest BCUT2D eigenvalue weighted by Gasteiger charge is -2.62. The van der Waals surface area contributed by atoms with E-state index < -0.39 is 69.4 Å². The van der Waals surface area contributed by atoms with Gasteiger partial charge in [0.15, 0.2) is 30.4 Å². The van der Waals surface area contributed by atoms with E-state index in [4.69, 9.17) is 37.7 Å². The van der Waals surface area contributed by atoms with Gasteiger partial charge in [-0.2, -0.15) is 17.2 Å². The van der Waals surface area contributed by atoms with Gasteiger partial charge in [-0.1, -0.05) is 0 Å². The average Bonchev–Trinajstić information content (AvgIpc) is 3.37. The van der Waals surface area contributed by atoms with E-state index in [-0.39, 0.29) is 37.4 Å². The van der Waals surface area contributed by atoms with E-state index in [0.29, 0.717) is 19.3 Å². The normalized spacial score (nSPS) is 47.7. The van der Waals surface area contributed by atoms with Gasteiger partial charge in [0.05, 0.1) is 0 Å². The summed E-state index contributed by atoms with van der Waals surface area (Å²) < 4.78 is 97.9. The first kappa shape index (κ1) is 23.9. The highest BCUT2D eigenvalue weighted by molar-refractivity contribution is 7.87. The van der Waals surface area contributed by atoms with Gasteiger partial charge in [-0.25, -0.2) is 9.59 Å². The van der Waals surface area contributed by atoms with Crippen molar-refractivity contribution in [2.24, 2.45) is 17.8 Å². The number of halogens is 2. The summed E-state index contributed by atoms with van der Waals surface area (Å²) in [5, 5.41) is -5.07. The molecule has 4 aliphatic carbocycles. The van der Waals surface area contributed by atoms with Gasteiger partial charge in [0.1, 0.15) is 18.5 Å². The van der Waals surface area contributed by atoms with Crippen molar-refractivity contribution < 1.29 is 64.5 Å². The summed E-state index contributed by atoms with van der Waals surface area (Å²) in [4.78, 5) is 24.3. The second kappa shape index (κ2) is 7.52. The Bertz CT molecular complexity index is 1030.